The van der Waals surface area contributed by atoms with Gasteiger partial charge in [-0.3, -0.25) is 4.90 Å². The highest BCUT2D eigenvalue weighted by molar-refractivity contribution is 4.92. The highest BCUT2D eigenvalue weighted by Crippen LogP contribution is 2.21. The lowest BCUT2D eigenvalue weighted by Gasteiger charge is -2.22. The van der Waals surface area contributed by atoms with Crippen LogP contribution in [0, 0.1) is 5.92 Å². The van der Waals surface area contributed by atoms with Gasteiger partial charge in [0.2, 0.25) is 5.89 Å². The molecule has 0 aromatic carbocycles. The van der Waals surface area contributed by atoms with Crippen molar-refractivity contribution in [2.75, 3.05) is 13.1 Å². The van der Waals surface area contributed by atoms with Gasteiger partial charge in [-0.05, 0) is 25.2 Å². The molecule has 0 amide bonds. The number of hydrogen-bond acceptors (Lipinski definition) is 5. The Balaban J connectivity index is 1.57. The van der Waals surface area contributed by atoms with Crippen molar-refractivity contribution in [3.05, 3.63) is 11.7 Å². The summed E-state index contributed by atoms with van der Waals surface area (Å²) in [5, 5.41) is 7.80. The second-order valence-electron chi connectivity index (χ2n) is 6.36. The Kier molecular flexibility index (Phi) is 3.84. The number of rotatable bonds is 4. The van der Waals surface area contributed by atoms with Crippen molar-refractivity contribution in [2.24, 2.45) is 5.92 Å². The van der Waals surface area contributed by atoms with Gasteiger partial charge in [-0.15, -0.1) is 0 Å². The summed E-state index contributed by atoms with van der Waals surface area (Å²) in [4.78, 5) is 6.96. The molecular weight excluding hydrogens is 240 g/mol. The van der Waals surface area contributed by atoms with Crippen molar-refractivity contribution in [2.45, 2.75) is 58.2 Å². The predicted octanol–water partition coefficient (Wildman–Crippen LogP) is 1.59. The van der Waals surface area contributed by atoms with Gasteiger partial charge in [-0.1, -0.05) is 19.0 Å². The van der Waals surface area contributed by atoms with E-state index in [4.69, 9.17) is 4.52 Å². The zero-order valence-corrected chi connectivity index (χ0v) is 11.9. The molecule has 5 nitrogen and oxygen atoms in total. The van der Waals surface area contributed by atoms with Crippen LogP contribution in [-0.4, -0.2) is 40.2 Å². The summed E-state index contributed by atoms with van der Waals surface area (Å²) in [6.45, 7) is 7.42. The zero-order valence-electron chi connectivity index (χ0n) is 11.9. The molecule has 0 radical (unpaired) electrons. The molecule has 3 rings (SSSR count). The topological polar surface area (TPSA) is 54.2 Å². The van der Waals surface area contributed by atoms with Gasteiger partial charge in [-0.2, -0.15) is 4.98 Å². The van der Waals surface area contributed by atoms with Gasteiger partial charge in [0.1, 0.15) is 0 Å². The standard InChI is InChI=1S/C14H24N4O/c1-10(2)7-14-16-13(17-19-14)9-18-6-5-11-3-4-12(8-18)15-11/h10-12,15H,3-9H2,1-2H3. The molecule has 2 aliphatic heterocycles. The molecule has 2 aliphatic rings. The Hall–Kier alpha value is -0.940. The third-order valence-electron chi connectivity index (χ3n) is 4.07. The molecule has 106 valence electrons. The summed E-state index contributed by atoms with van der Waals surface area (Å²) >= 11 is 0. The number of fused-ring (bicyclic) bond motifs is 2. The van der Waals surface area contributed by atoms with Gasteiger partial charge in [0, 0.05) is 31.6 Å². The van der Waals surface area contributed by atoms with Gasteiger partial charge in [0.05, 0.1) is 6.54 Å². The summed E-state index contributed by atoms with van der Waals surface area (Å²) in [7, 11) is 0. The average molecular weight is 264 g/mol. The van der Waals surface area contributed by atoms with Crippen LogP contribution in [-0.2, 0) is 13.0 Å². The molecule has 0 spiro atoms. The summed E-state index contributed by atoms with van der Waals surface area (Å²) in [5.41, 5.74) is 0. The fourth-order valence-corrected chi connectivity index (χ4v) is 3.15. The fraction of sp³-hybridized carbons (Fsp3) is 0.857. The van der Waals surface area contributed by atoms with Crippen LogP contribution in [0.5, 0.6) is 0 Å². The van der Waals surface area contributed by atoms with Crippen molar-refractivity contribution < 1.29 is 4.52 Å². The molecule has 0 aliphatic carbocycles. The summed E-state index contributed by atoms with van der Waals surface area (Å²) in [6, 6.07) is 1.39. The lowest BCUT2D eigenvalue weighted by molar-refractivity contribution is 0.241. The first-order chi connectivity index (χ1) is 9.19. The highest BCUT2D eigenvalue weighted by Gasteiger charge is 2.29. The molecule has 1 aromatic heterocycles. The number of hydrogen-bond donors (Lipinski definition) is 1. The molecule has 3 heterocycles. The van der Waals surface area contributed by atoms with Gasteiger partial charge in [-0.25, -0.2) is 0 Å². The van der Waals surface area contributed by atoms with E-state index in [2.05, 4.69) is 34.2 Å². The molecular formula is C14H24N4O. The van der Waals surface area contributed by atoms with Crippen molar-refractivity contribution in [1.29, 1.82) is 0 Å². The quantitative estimate of drug-likeness (QED) is 0.895. The highest BCUT2D eigenvalue weighted by atomic mass is 16.5. The van der Waals surface area contributed by atoms with Crippen LogP contribution in [0.25, 0.3) is 0 Å². The summed E-state index contributed by atoms with van der Waals surface area (Å²) < 4.78 is 5.31. The minimum absolute atomic E-state index is 0.562. The molecule has 2 bridgehead atoms. The van der Waals surface area contributed by atoms with Crippen molar-refractivity contribution in [3.8, 4) is 0 Å². The molecule has 19 heavy (non-hydrogen) atoms. The predicted molar refractivity (Wildman–Crippen MR) is 72.7 cm³/mol. The minimum atomic E-state index is 0.562. The fourth-order valence-electron chi connectivity index (χ4n) is 3.15. The summed E-state index contributed by atoms with van der Waals surface area (Å²) in [5.74, 6) is 2.18. The Morgan fingerprint density at radius 1 is 1.32 bits per heavy atom. The van der Waals surface area contributed by atoms with Gasteiger partial charge < -0.3 is 9.84 Å². The van der Waals surface area contributed by atoms with Gasteiger partial charge in [0.15, 0.2) is 5.82 Å². The van der Waals surface area contributed by atoms with Crippen LogP contribution in [0.2, 0.25) is 0 Å². The maximum Gasteiger partial charge on any atom is 0.226 e. The molecule has 1 N–H and O–H groups in total. The molecule has 0 saturated carbocycles. The van der Waals surface area contributed by atoms with E-state index in [1.165, 1.54) is 19.3 Å². The smallest absolute Gasteiger partial charge is 0.226 e. The van der Waals surface area contributed by atoms with E-state index in [1.807, 2.05) is 0 Å². The molecule has 2 saturated heterocycles. The molecule has 5 heteroatoms. The van der Waals surface area contributed by atoms with Crippen molar-refractivity contribution in [1.82, 2.24) is 20.4 Å². The number of nitrogens with zero attached hydrogens (tertiary/aromatic N) is 3. The number of aromatic nitrogens is 2. The number of likely N-dealkylation sites (tertiary alicyclic amines) is 1. The van der Waals surface area contributed by atoms with E-state index in [1.54, 1.807) is 0 Å². The SMILES string of the molecule is CC(C)Cc1nc(CN2CCC3CCC(C2)N3)no1. The Morgan fingerprint density at radius 3 is 3.00 bits per heavy atom. The van der Waals surface area contributed by atoms with Crippen LogP contribution in [0.4, 0.5) is 0 Å². The van der Waals surface area contributed by atoms with Crippen LogP contribution in [0.1, 0.15) is 44.8 Å². The number of nitrogens with one attached hydrogen (secondary N) is 1. The van der Waals surface area contributed by atoms with E-state index in [0.717, 1.165) is 43.8 Å². The van der Waals surface area contributed by atoms with E-state index >= 15 is 0 Å². The molecule has 2 fully saturated rings. The van der Waals surface area contributed by atoms with Crippen molar-refractivity contribution >= 4 is 0 Å². The van der Waals surface area contributed by atoms with E-state index < -0.39 is 0 Å². The lowest BCUT2D eigenvalue weighted by Crippen LogP contribution is -2.35. The third kappa shape index (κ3) is 3.34. The lowest BCUT2D eigenvalue weighted by atomic mass is 10.1. The van der Waals surface area contributed by atoms with Gasteiger partial charge in [0.25, 0.3) is 0 Å². The Morgan fingerprint density at radius 2 is 2.16 bits per heavy atom. The van der Waals surface area contributed by atoms with E-state index in [-0.39, 0.29) is 0 Å². The second-order valence-corrected chi connectivity index (χ2v) is 6.36. The molecule has 2 atom stereocenters. The first-order valence-corrected chi connectivity index (χ1v) is 7.49. The molecule has 2 unspecified atom stereocenters. The Labute approximate surface area is 114 Å². The van der Waals surface area contributed by atoms with Crippen LogP contribution in [0.3, 0.4) is 0 Å². The maximum absolute atomic E-state index is 5.31. The van der Waals surface area contributed by atoms with Crippen LogP contribution >= 0.6 is 0 Å². The second kappa shape index (κ2) is 5.59. The maximum atomic E-state index is 5.31. The molecule has 1 aromatic rings. The Bertz CT molecular complexity index is 417. The largest absolute Gasteiger partial charge is 0.339 e. The monoisotopic (exact) mass is 264 g/mol. The van der Waals surface area contributed by atoms with Crippen molar-refractivity contribution in [3.63, 3.8) is 0 Å². The minimum Gasteiger partial charge on any atom is -0.339 e. The zero-order chi connectivity index (χ0) is 13.2. The van der Waals surface area contributed by atoms with E-state index in [9.17, 15) is 0 Å². The first kappa shape index (κ1) is 13.1. The average Bonchev–Trinajstić information content (AvgIpc) is 2.88. The normalized spacial score (nSPS) is 27.9. The van der Waals surface area contributed by atoms with E-state index in [0.29, 0.717) is 12.0 Å². The third-order valence-corrected chi connectivity index (χ3v) is 4.07. The first-order valence-electron chi connectivity index (χ1n) is 7.49. The van der Waals surface area contributed by atoms with Crippen LogP contribution in [0.15, 0.2) is 4.52 Å². The van der Waals surface area contributed by atoms with Crippen LogP contribution < -0.4 is 5.32 Å². The van der Waals surface area contributed by atoms with Gasteiger partial charge >= 0.3 is 0 Å². The summed E-state index contributed by atoms with van der Waals surface area (Å²) in [6.07, 6.45) is 4.78.